The largest absolute Gasteiger partial charge is 0.495 e. The number of carbonyl (C=O) groups is 1. The molecule has 0 saturated heterocycles. The number of hydrogen-bond acceptors (Lipinski definition) is 5. The predicted molar refractivity (Wildman–Crippen MR) is 90.8 cm³/mol. The Labute approximate surface area is 149 Å². The quantitative estimate of drug-likeness (QED) is 0.794. The van der Waals surface area contributed by atoms with Gasteiger partial charge in [-0.1, -0.05) is 0 Å². The van der Waals surface area contributed by atoms with Crippen molar-refractivity contribution in [2.45, 2.75) is 11.8 Å². The zero-order valence-corrected chi connectivity index (χ0v) is 14.7. The first-order chi connectivity index (χ1) is 12.3. The van der Waals surface area contributed by atoms with E-state index in [1.165, 1.54) is 19.2 Å². The minimum Gasteiger partial charge on any atom is -0.495 e. The molecule has 0 aliphatic carbocycles. The number of amides is 1. The van der Waals surface area contributed by atoms with Crippen molar-refractivity contribution in [1.29, 1.82) is 0 Å². The fraction of sp³-hybridized carbons (Fsp3) is 0.188. The van der Waals surface area contributed by atoms with Gasteiger partial charge in [0.2, 0.25) is 0 Å². The van der Waals surface area contributed by atoms with Gasteiger partial charge in [-0.3, -0.25) is 10.0 Å². The van der Waals surface area contributed by atoms with E-state index in [1.807, 2.05) is 4.72 Å². The number of nitrogens with one attached hydrogen (secondary N) is 2. The molecule has 0 spiro atoms. The average molecular weight is 386 g/mol. The topological polar surface area (TPSA) is 93.7 Å². The maximum absolute atomic E-state index is 13.7. The number of ether oxygens (including phenoxy) is 2. The summed E-state index contributed by atoms with van der Waals surface area (Å²) in [6, 6.07) is 6.08. The Kier molecular flexibility index (Phi) is 5.98. The number of halogens is 2. The van der Waals surface area contributed by atoms with Crippen molar-refractivity contribution in [3.05, 3.63) is 48.0 Å². The molecule has 0 bridgehead atoms. The van der Waals surface area contributed by atoms with Gasteiger partial charge in [0.1, 0.15) is 17.4 Å². The van der Waals surface area contributed by atoms with Crippen LogP contribution in [0.5, 0.6) is 5.75 Å². The summed E-state index contributed by atoms with van der Waals surface area (Å²) in [5.74, 6) is -1.70. The minimum absolute atomic E-state index is 0.0494. The van der Waals surface area contributed by atoms with Gasteiger partial charge < -0.3 is 9.47 Å². The maximum atomic E-state index is 13.7. The Bertz CT molecular complexity index is 919. The molecule has 26 heavy (non-hydrogen) atoms. The van der Waals surface area contributed by atoms with E-state index in [0.29, 0.717) is 6.07 Å². The smallest absolute Gasteiger partial charge is 0.411 e. The van der Waals surface area contributed by atoms with Crippen LogP contribution in [0.4, 0.5) is 25.0 Å². The van der Waals surface area contributed by atoms with Crippen LogP contribution in [0.3, 0.4) is 0 Å². The molecule has 0 fully saturated rings. The molecule has 2 aromatic rings. The first-order valence-electron chi connectivity index (χ1n) is 7.36. The van der Waals surface area contributed by atoms with Crippen LogP contribution in [0.1, 0.15) is 6.92 Å². The van der Waals surface area contributed by atoms with Gasteiger partial charge in [-0.05, 0) is 37.3 Å². The molecule has 0 unspecified atom stereocenters. The number of benzene rings is 2. The molecule has 0 aliphatic heterocycles. The summed E-state index contributed by atoms with van der Waals surface area (Å²) in [4.78, 5) is 11.3. The van der Waals surface area contributed by atoms with Crippen LogP contribution in [0.2, 0.25) is 0 Å². The fourth-order valence-electron chi connectivity index (χ4n) is 2.01. The summed E-state index contributed by atoms with van der Waals surface area (Å²) in [6.45, 7) is 1.73. The average Bonchev–Trinajstić information content (AvgIpc) is 2.57. The van der Waals surface area contributed by atoms with Crippen molar-refractivity contribution >= 4 is 27.5 Å². The standard InChI is InChI=1S/C16H16F2N2O5S/c1-3-25-16(21)19-14-9-11(5-7-15(14)24-2)26(22,23)20-13-6-4-10(17)8-12(13)18/h4-9,20H,3H2,1-2H3,(H,19,21). The number of sulfonamides is 1. The Morgan fingerprint density at radius 2 is 1.85 bits per heavy atom. The molecule has 2 aromatic carbocycles. The van der Waals surface area contributed by atoms with E-state index in [9.17, 15) is 22.0 Å². The van der Waals surface area contributed by atoms with Gasteiger partial charge in [0.15, 0.2) is 0 Å². The summed E-state index contributed by atoms with van der Waals surface area (Å²) in [6.07, 6.45) is -0.794. The zero-order valence-electron chi connectivity index (χ0n) is 13.9. The van der Waals surface area contributed by atoms with E-state index >= 15 is 0 Å². The van der Waals surface area contributed by atoms with Crippen molar-refractivity contribution in [3.8, 4) is 5.75 Å². The van der Waals surface area contributed by atoms with Crippen molar-refractivity contribution in [3.63, 3.8) is 0 Å². The zero-order chi connectivity index (χ0) is 19.3. The Balaban J connectivity index is 2.35. The molecule has 10 heteroatoms. The summed E-state index contributed by atoms with van der Waals surface area (Å²) in [5.41, 5.74) is -0.365. The summed E-state index contributed by atoms with van der Waals surface area (Å²) in [7, 11) is -2.87. The molecule has 2 rings (SSSR count). The van der Waals surface area contributed by atoms with Gasteiger partial charge in [0.05, 0.1) is 30.0 Å². The highest BCUT2D eigenvalue weighted by Gasteiger charge is 2.19. The van der Waals surface area contributed by atoms with Crippen LogP contribution < -0.4 is 14.8 Å². The van der Waals surface area contributed by atoms with E-state index in [-0.39, 0.29) is 22.9 Å². The van der Waals surface area contributed by atoms with Crippen molar-refractivity contribution in [2.24, 2.45) is 0 Å². The first-order valence-corrected chi connectivity index (χ1v) is 8.85. The molecule has 140 valence electrons. The SMILES string of the molecule is CCOC(=O)Nc1cc(S(=O)(=O)Nc2ccc(F)cc2F)ccc1OC. The van der Waals surface area contributed by atoms with Gasteiger partial charge in [-0.25, -0.2) is 22.0 Å². The molecule has 0 atom stereocenters. The molecular weight excluding hydrogens is 370 g/mol. The van der Waals surface area contributed by atoms with Crippen molar-refractivity contribution in [1.82, 2.24) is 0 Å². The van der Waals surface area contributed by atoms with Crippen LogP contribution in [0.15, 0.2) is 41.3 Å². The van der Waals surface area contributed by atoms with E-state index in [1.54, 1.807) is 6.92 Å². The summed E-state index contributed by atoms with van der Waals surface area (Å²) in [5, 5.41) is 2.36. The fourth-order valence-corrected chi connectivity index (χ4v) is 3.10. The highest BCUT2D eigenvalue weighted by Crippen LogP contribution is 2.29. The van der Waals surface area contributed by atoms with Crippen LogP contribution in [-0.2, 0) is 14.8 Å². The van der Waals surface area contributed by atoms with E-state index in [2.05, 4.69) is 5.32 Å². The van der Waals surface area contributed by atoms with Crippen molar-refractivity contribution in [2.75, 3.05) is 23.8 Å². The first kappa shape index (κ1) is 19.4. The Morgan fingerprint density at radius 1 is 1.12 bits per heavy atom. The second-order valence-electron chi connectivity index (χ2n) is 4.94. The van der Waals surface area contributed by atoms with Crippen LogP contribution >= 0.6 is 0 Å². The molecular formula is C16H16F2N2O5S. The number of hydrogen-bond donors (Lipinski definition) is 2. The Morgan fingerprint density at radius 3 is 2.46 bits per heavy atom. The van der Waals surface area contributed by atoms with Gasteiger partial charge >= 0.3 is 6.09 Å². The highest BCUT2D eigenvalue weighted by molar-refractivity contribution is 7.92. The van der Waals surface area contributed by atoms with Crippen molar-refractivity contribution < 1.29 is 31.5 Å². The lowest BCUT2D eigenvalue weighted by atomic mass is 10.3. The number of rotatable bonds is 6. The summed E-state index contributed by atoms with van der Waals surface area (Å²) >= 11 is 0. The van der Waals surface area contributed by atoms with Gasteiger partial charge in [-0.2, -0.15) is 0 Å². The number of anilines is 2. The monoisotopic (exact) mass is 386 g/mol. The van der Waals surface area contributed by atoms with E-state index < -0.39 is 33.4 Å². The number of carbonyl (C=O) groups excluding carboxylic acids is 1. The molecule has 0 heterocycles. The third kappa shape index (κ3) is 4.60. The molecule has 0 aliphatic rings. The number of methoxy groups -OCH3 is 1. The summed E-state index contributed by atoms with van der Waals surface area (Å²) < 4.78 is 63.3. The second kappa shape index (κ2) is 8.00. The lowest BCUT2D eigenvalue weighted by molar-refractivity contribution is 0.168. The van der Waals surface area contributed by atoms with Gasteiger partial charge in [0, 0.05) is 6.07 Å². The normalized spacial score (nSPS) is 10.9. The molecule has 1 amide bonds. The van der Waals surface area contributed by atoms with Gasteiger partial charge in [0.25, 0.3) is 10.0 Å². The third-order valence-electron chi connectivity index (χ3n) is 3.17. The Hall–Kier alpha value is -2.88. The predicted octanol–water partition coefficient (Wildman–Crippen LogP) is 3.34. The molecule has 0 saturated carbocycles. The minimum atomic E-state index is -4.20. The molecule has 2 N–H and O–H groups in total. The van der Waals surface area contributed by atoms with E-state index in [0.717, 1.165) is 18.2 Å². The molecule has 0 radical (unpaired) electrons. The molecule has 7 nitrogen and oxygen atoms in total. The second-order valence-corrected chi connectivity index (χ2v) is 6.62. The van der Waals surface area contributed by atoms with E-state index in [4.69, 9.17) is 9.47 Å². The van der Waals surface area contributed by atoms with Crippen LogP contribution in [0.25, 0.3) is 0 Å². The molecule has 0 aromatic heterocycles. The highest BCUT2D eigenvalue weighted by atomic mass is 32.2. The third-order valence-corrected chi connectivity index (χ3v) is 4.53. The lowest BCUT2D eigenvalue weighted by Crippen LogP contribution is -2.17. The van der Waals surface area contributed by atoms with Crippen LogP contribution in [0, 0.1) is 11.6 Å². The van der Waals surface area contributed by atoms with Gasteiger partial charge in [-0.15, -0.1) is 0 Å². The maximum Gasteiger partial charge on any atom is 0.411 e. The van der Waals surface area contributed by atoms with Crippen LogP contribution in [-0.4, -0.2) is 28.2 Å². The lowest BCUT2D eigenvalue weighted by Gasteiger charge is -2.13.